The second-order valence-electron chi connectivity index (χ2n) is 7.88. The molecule has 3 heterocycles. The molecule has 1 amide bonds. The lowest BCUT2D eigenvalue weighted by molar-refractivity contribution is -0.121. The van der Waals surface area contributed by atoms with Crippen LogP contribution < -0.4 is 5.56 Å². The number of H-pyrrole nitrogens is 1. The minimum Gasteiger partial charge on any atom is -0.493 e. The molecule has 4 aromatic rings. The Morgan fingerprint density at radius 3 is 2.97 bits per heavy atom. The molecule has 0 radical (unpaired) electrons. The molecule has 0 saturated heterocycles. The lowest BCUT2D eigenvalue weighted by Crippen LogP contribution is -2.27. The summed E-state index contributed by atoms with van der Waals surface area (Å²) >= 11 is 1.57. The van der Waals surface area contributed by atoms with Gasteiger partial charge in [0.15, 0.2) is 5.69 Å². The highest BCUT2D eigenvalue weighted by molar-refractivity contribution is 7.18. The summed E-state index contributed by atoms with van der Waals surface area (Å²) in [6.45, 7) is 3.51. The quantitative estimate of drug-likeness (QED) is 0.454. The van der Waals surface area contributed by atoms with Gasteiger partial charge in [0.05, 0.1) is 17.2 Å². The first-order valence-corrected chi connectivity index (χ1v) is 11.0. The summed E-state index contributed by atoms with van der Waals surface area (Å²) in [6, 6.07) is 4.69. The Morgan fingerprint density at radius 2 is 2.13 bits per heavy atom. The van der Waals surface area contributed by atoms with Crippen LogP contribution in [0.25, 0.3) is 21.1 Å². The smallest absolute Gasteiger partial charge is 0.287 e. The van der Waals surface area contributed by atoms with Crippen molar-refractivity contribution in [2.45, 2.75) is 45.6 Å². The molecule has 0 bridgehead atoms. The van der Waals surface area contributed by atoms with E-state index in [1.54, 1.807) is 24.3 Å². The molecule has 5 rings (SSSR count). The molecule has 3 aromatic heterocycles. The zero-order valence-electron chi connectivity index (χ0n) is 17.2. The zero-order valence-corrected chi connectivity index (χ0v) is 18.0. The summed E-state index contributed by atoms with van der Waals surface area (Å²) in [5.74, 6) is -0.743. The van der Waals surface area contributed by atoms with Gasteiger partial charge in [-0.15, -0.1) is 21.6 Å². The number of thiophene rings is 1. The number of rotatable bonds is 3. The first-order chi connectivity index (χ1) is 15.0. The molecule has 8 nitrogen and oxygen atoms in total. The van der Waals surface area contributed by atoms with Crippen LogP contribution in [0.1, 0.15) is 41.8 Å². The topological polar surface area (TPSA) is 113 Å². The number of aromatic hydroxyl groups is 1. The van der Waals surface area contributed by atoms with Gasteiger partial charge in [-0.25, -0.2) is 4.98 Å². The molecule has 0 aliphatic heterocycles. The largest absolute Gasteiger partial charge is 0.493 e. The number of carbonyl (C=O) groups excluding carboxylic acids is 1. The van der Waals surface area contributed by atoms with Crippen LogP contribution in [-0.4, -0.2) is 25.5 Å². The average Bonchev–Trinajstić information content (AvgIpc) is 3.30. The van der Waals surface area contributed by atoms with Gasteiger partial charge in [0.1, 0.15) is 10.9 Å². The predicted octanol–water partition coefficient (Wildman–Crippen LogP) is 4.70. The number of nitrogens with zero attached hydrogens (tertiary/aromatic N) is 4. The first kappa shape index (κ1) is 19.6. The van der Waals surface area contributed by atoms with Crippen molar-refractivity contribution in [3.63, 3.8) is 0 Å². The maximum atomic E-state index is 13.2. The minimum absolute atomic E-state index is 0.154. The van der Waals surface area contributed by atoms with Crippen LogP contribution in [0.4, 0.5) is 5.69 Å². The third-order valence-corrected chi connectivity index (χ3v) is 7.12. The van der Waals surface area contributed by atoms with Crippen LogP contribution >= 0.6 is 11.3 Å². The zero-order chi connectivity index (χ0) is 21.7. The van der Waals surface area contributed by atoms with Gasteiger partial charge in [-0.1, -0.05) is 18.2 Å². The predicted molar refractivity (Wildman–Crippen MR) is 119 cm³/mol. The van der Waals surface area contributed by atoms with Gasteiger partial charge in [-0.3, -0.25) is 14.2 Å². The van der Waals surface area contributed by atoms with Crippen molar-refractivity contribution in [1.82, 2.24) is 14.5 Å². The summed E-state index contributed by atoms with van der Waals surface area (Å²) in [6.07, 6.45) is 5.45. The van der Waals surface area contributed by atoms with E-state index in [2.05, 4.69) is 20.2 Å². The normalized spacial score (nSPS) is 15.0. The summed E-state index contributed by atoms with van der Waals surface area (Å²) in [5.41, 5.74) is 2.75. The van der Waals surface area contributed by atoms with Gasteiger partial charge < -0.3 is 10.1 Å². The highest BCUT2D eigenvalue weighted by Gasteiger charge is 2.23. The van der Waals surface area contributed by atoms with Crippen molar-refractivity contribution < 1.29 is 9.90 Å². The lowest BCUT2D eigenvalue weighted by Gasteiger charge is -2.12. The summed E-state index contributed by atoms with van der Waals surface area (Å²) < 4.78 is 1.32. The molecule has 1 aromatic carbocycles. The van der Waals surface area contributed by atoms with E-state index in [9.17, 15) is 14.7 Å². The molecule has 31 heavy (non-hydrogen) atoms. The van der Waals surface area contributed by atoms with Crippen LogP contribution in [0.3, 0.4) is 0 Å². The van der Waals surface area contributed by atoms with Crippen molar-refractivity contribution in [3.05, 3.63) is 50.9 Å². The molecule has 0 spiro atoms. The van der Waals surface area contributed by atoms with Crippen molar-refractivity contribution in [2.75, 3.05) is 0 Å². The number of azo groups is 1. The molecule has 0 fully saturated rings. The molecule has 0 unspecified atom stereocenters. The molecule has 1 aliphatic carbocycles. The van der Waals surface area contributed by atoms with Gasteiger partial charge in [0, 0.05) is 10.3 Å². The number of aryl methyl sites for hydroxylation is 3. The van der Waals surface area contributed by atoms with E-state index in [0.717, 1.165) is 47.2 Å². The van der Waals surface area contributed by atoms with Gasteiger partial charge in [-0.2, -0.15) is 0 Å². The first-order valence-electron chi connectivity index (χ1n) is 10.2. The maximum Gasteiger partial charge on any atom is 0.287 e. The van der Waals surface area contributed by atoms with E-state index in [4.69, 9.17) is 0 Å². The van der Waals surface area contributed by atoms with Crippen molar-refractivity contribution in [2.24, 2.45) is 10.2 Å². The standard InChI is InChI=1S/C22H21N5O3S/c1-11-6-5-8-14-17(11)24-20(29)18(14)25-26-19(28)12(2)27-10-23-21-16(22(27)30)13-7-3-4-9-15(13)31-21/h5-6,8,10,12,24,29H,3-4,7,9H2,1-2H3/t12-/m0/s1. The second-order valence-corrected chi connectivity index (χ2v) is 8.97. The average molecular weight is 436 g/mol. The van der Waals surface area contributed by atoms with Crippen molar-refractivity contribution in [3.8, 4) is 5.88 Å². The van der Waals surface area contributed by atoms with Crippen LogP contribution in [0.15, 0.2) is 39.5 Å². The van der Waals surface area contributed by atoms with Gasteiger partial charge in [0.2, 0.25) is 5.88 Å². The fraction of sp³-hybridized carbons (Fsp3) is 0.318. The Labute approximate surface area is 181 Å². The number of hydrogen-bond donors (Lipinski definition) is 2. The number of nitrogens with one attached hydrogen (secondary N) is 1. The Kier molecular flexibility index (Phi) is 4.70. The number of aromatic nitrogens is 3. The van der Waals surface area contributed by atoms with Crippen molar-refractivity contribution >= 4 is 44.1 Å². The van der Waals surface area contributed by atoms with Crippen LogP contribution in [0, 0.1) is 6.92 Å². The van der Waals surface area contributed by atoms with Crippen LogP contribution in [0.5, 0.6) is 5.88 Å². The summed E-state index contributed by atoms with van der Waals surface area (Å²) in [4.78, 5) is 35.2. The second kappa shape index (κ2) is 7.42. The van der Waals surface area contributed by atoms with Gasteiger partial charge in [-0.05, 0) is 50.7 Å². The number of carbonyl (C=O) groups is 1. The fourth-order valence-corrected chi connectivity index (χ4v) is 5.39. The van der Waals surface area contributed by atoms with Crippen molar-refractivity contribution in [1.29, 1.82) is 0 Å². The molecular formula is C22H21N5O3S. The number of fused-ring (bicyclic) bond motifs is 4. The molecule has 1 aliphatic rings. The van der Waals surface area contributed by atoms with E-state index in [1.165, 1.54) is 15.8 Å². The van der Waals surface area contributed by atoms with Gasteiger partial charge in [0.25, 0.3) is 11.5 Å². The molecule has 0 saturated carbocycles. The lowest BCUT2D eigenvalue weighted by atomic mass is 9.97. The summed E-state index contributed by atoms with van der Waals surface area (Å²) in [7, 11) is 0. The molecule has 2 N–H and O–H groups in total. The van der Waals surface area contributed by atoms with E-state index < -0.39 is 11.9 Å². The highest BCUT2D eigenvalue weighted by Crippen LogP contribution is 2.37. The maximum absolute atomic E-state index is 13.2. The third-order valence-electron chi connectivity index (χ3n) is 5.92. The molecular weight excluding hydrogens is 414 g/mol. The number of hydrogen-bond acceptors (Lipinski definition) is 6. The van der Waals surface area contributed by atoms with E-state index in [-0.39, 0.29) is 17.1 Å². The van der Waals surface area contributed by atoms with E-state index in [0.29, 0.717) is 10.8 Å². The minimum atomic E-state index is -0.860. The van der Waals surface area contributed by atoms with Crippen LogP contribution in [-0.2, 0) is 17.6 Å². The van der Waals surface area contributed by atoms with E-state index in [1.807, 2.05) is 19.1 Å². The number of benzene rings is 1. The highest BCUT2D eigenvalue weighted by atomic mass is 32.1. The van der Waals surface area contributed by atoms with Crippen LogP contribution in [0.2, 0.25) is 0 Å². The SMILES string of the molecule is Cc1cccc2c(N=NC(=O)[C@H](C)n3cnc4sc5c(c4c3=O)CCCC5)c(O)[nH]c12. The van der Waals surface area contributed by atoms with E-state index >= 15 is 0 Å². The molecule has 9 heteroatoms. The molecule has 158 valence electrons. The molecule has 1 atom stereocenters. The Hall–Kier alpha value is -3.33. The Morgan fingerprint density at radius 1 is 1.32 bits per heavy atom. The number of aromatic amines is 1. The summed E-state index contributed by atoms with van der Waals surface area (Å²) in [5, 5.41) is 19.3. The fourth-order valence-electron chi connectivity index (χ4n) is 4.17. The Bertz CT molecular complexity index is 1430. The monoisotopic (exact) mass is 435 g/mol. The Balaban J connectivity index is 1.49. The number of para-hydroxylation sites is 1. The number of amides is 1. The third kappa shape index (κ3) is 3.16. The van der Waals surface area contributed by atoms with Gasteiger partial charge >= 0.3 is 0 Å².